The number of nitrogens with zero attached hydrogens (tertiary/aromatic N) is 1. The number of carbonyl (C=O) groups is 1. The summed E-state index contributed by atoms with van der Waals surface area (Å²) in [6.45, 7) is 5.78. The van der Waals surface area contributed by atoms with E-state index in [1.54, 1.807) is 0 Å². The molecule has 1 heterocycles. The minimum atomic E-state index is 0.0501. The molecular formula is C17H26N2O2. The van der Waals surface area contributed by atoms with Crippen molar-refractivity contribution in [2.45, 2.75) is 45.6 Å². The van der Waals surface area contributed by atoms with Crippen molar-refractivity contribution in [2.75, 3.05) is 25.0 Å². The molecule has 2 rings (SSSR count). The number of nitrogens with one attached hydrogen (secondary N) is 1. The molecule has 4 nitrogen and oxygen atoms in total. The van der Waals surface area contributed by atoms with Gasteiger partial charge in [0.2, 0.25) is 5.91 Å². The number of likely N-dealkylation sites (tertiary alicyclic amines) is 1. The van der Waals surface area contributed by atoms with Crippen molar-refractivity contribution in [1.29, 1.82) is 0 Å². The number of aliphatic hydroxyl groups excluding tert-OH is 1. The van der Waals surface area contributed by atoms with E-state index in [4.69, 9.17) is 5.11 Å². The topological polar surface area (TPSA) is 52.6 Å². The van der Waals surface area contributed by atoms with E-state index in [1.807, 2.05) is 18.2 Å². The number of benzene rings is 1. The van der Waals surface area contributed by atoms with E-state index < -0.39 is 0 Å². The fourth-order valence-electron chi connectivity index (χ4n) is 2.96. The summed E-state index contributed by atoms with van der Waals surface area (Å²) < 4.78 is 0. The molecule has 1 aromatic carbocycles. The highest BCUT2D eigenvalue weighted by Crippen LogP contribution is 2.21. The van der Waals surface area contributed by atoms with E-state index in [0.717, 1.165) is 37.9 Å². The van der Waals surface area contributed by atoms with E-state index >= 15 is 0 Å². The molecule has 21 heavy (non-hydrogen) atoms. The highest BCUT2D eigenvalue weighted by Gasteiger charge is 2.25. The first-order valence-corrected chi connectivity index (χ1v) is 7.82. The second-order valence-electron chi connectivity index (χ2n) is 5.98. The molecule has 2 N–H and O–H groups in total. The minimum Gasteiger partial charge on any atom is -0.396 e. The minimum absolute atomic E-state index is 0.0501. The first-order valence-electron chi connectivity index (χ1n) is 7.82. The van der Waals surface area contributed by atoms with Crippen LogP contribution >= 0.6 is 0 Å². The van der Waals surface area contributed by atoms with Crippen molar-refractivity contribution in [3.05, 3.63) is 29.3 Å². The Kier molecular flexibility index (Phi) is 5.76. The predicted molar refractivity (Wildman–Crippen MR) is 85.5 cm³/mol. The van der Waals surface area contributed by atoms with Gasteiger partial charge in [0.05, 0.1) is 6.54 Å². The Labute approximate surface area is 127 Å². The van der Waals surface area contributed by atoms with E-state index in [-0.39, 0.29) is 12.5 Å². The lowest BCUT2D eigenvalue weighted by Crippen LogP contribution is -2.36. The maximum absolute atomic E-state index is 12.2. The van der Waals surface area contributed by atoms with Crippen molar-refractivity contribution >= 4 is 11.6 Å². The molecule has 0 saturated carbocycles. The molecule has 1 fully saturated rings. The summed E-state index contributed by atoms with van der Waals surface area (Å²) >= 11 is 0. The highest BCUT2D eigenvalue weighted by atomic mass is 16.3. The summed E-state index contributed by atoms with van der Waals surface area (Å²) in [6.07, 6.45) is 4.08. The summed E-state index contributed by atoms with van der Waals surface area (Å²) in [6, 6.07) is 6.45. The number of hydrogen-bond donors (Lipinski definition) is 2. The van der Waals surface area contributed by atoms with Gasteiger partial charge in [-0.2, -0.15) is 0 Å². The van der Waals surface area contributed by atoms with Crippen LogP contribution in [0.15, 0.2) is 18.2 Å². The molecule has 1 aromatic rings. The molecule has 0 spiro atoms. The van der Waals surface area contributed by atoms with Gasteiger partial charge in [-0.1, -0.05) is 6.07 Å². The molecule has 1 unspecified atom stereocenters. The molecule has 0 aliphatic carbocycles. The average Bonchev–Trinajstić information content (AvgIpc) is 2.87. The Morgan fingerprint density at radius 3 is 2.90 bits per heavy atom. The Hall–Kier alpha value is -1.39. The molecule has 1 atom stereocenters. The Morgan fingerprint density at radius 1 is 1.38 bits per heavy atom. The highest BCUT2D eigenvalue weighted by molar-refractivity contribution is 5.92. The van der Waals surface area contributed by atoms with Crippen molar-refractivity contribution in [2.24, 2.45) is 0 Å². The first-order chi connectivity index (χ1) is 10.1. The fraction of sp³-hybridized carbons (Fsp3) is 0.588. The van der Waals surface area contributed by atoms with E-state index in [9.17, 15) is 4.79 Å². The fourth-order valence-corrected chi connectivity index (χ4v) is 2.96. The molecule has 0 bridgehead atoms. The Bertz CT molecular complexity index is 488. The molecule has 1 amide bonds. The van der Waals surface area contributed by atoms with Crippen LogP contribution in [0.5, 0.6) is 0 Å². The zero-order valence-corrected chi connectivity index (χ0v) is 13.1. The van der Waals surface area contributed by atoms with Gasteiger partial charge in [-0.3, -0.25) is 9.69 Å². The second-order valence-corrected chi connectivity index (χ2v) is 5.98. The van der Waals surface area contributed by atoms with Gasteiger partial charge in [0.15, 0.2) is 0 Å². The second kappa shape index (κ2) is 7.57. The van der Waals surface area contributed by atoms with Crippen LogP contribution in [-0.2, 0) is 4.79 Å². The third-order valence-corrected chi connectivity index (χ3v) is 4.33. The van der Waals surface area contributed by atoms with E-state index in [2.05, 4.69) is 24.1 Å². The van der Waals surface area contributed by atoms with Crippen LogP contribution in [0.1, 0.15) is 36.8 Å². The summed E-state index contributed by atoms with van der Waals surface area (Å²) in [4.78, 5) is 14.4. The summed E-state index contributed by atoms with van der Waals surface area (Å²) in [5.74, 6) is 0.0501. The van der Waals surface area contributed by atoms with E-state index in [1.165, 1.54) is 11.1 Å². The number of rotatable bonds is 6. The zero-order valence-electron chi connectivity index (χ0n) is 13.1. The SMILES string of the molecule is Cc1ccc(NC(=O)CN2CCCC2CCCO)cc1C. The van der Waals surface area contributed by atoms with Gasteiger partial charge < -0.3 is 10.4 Å². The summed E-state index contributed by atoms with van der Waals surface area (Å²) in [5.41, 5.74) is 3.29. The van der Waals surface area contributed by atoms with Crippen molar-refractivity contribution in [3.8, 4) is 0 Å². The molecular weight excluding hydrogens is 264 g/mol. The van der Waals surface area contributed by atoms with Crippen molar-refractivity contribution in [3.63, 3.8) is 0 Å². The van der Waals surface area contributed by atoms with Gasteiger partial charge in [-0.15, -0.1) is 0 Å². The maximum Gasteiger partial charge on any atom is 0.238 e. The molecule has 1 aliphatic heterocycles. The van der Waals surface area contributed by atoms with Gasteiger partial charge in [0.25, 0.3) is 0 Å². The van der Waals surface area contributed by atoms with Crippen molar-refractivity contribution in [1.82, 2.24) is 4.90 Å². The van der Waals surface area contributed by atoms with Crippen LogP contribution in [0.2, 0.25) is 0 Å². The monoisotopic (exact) mass is 290 g/mol. The molecule has 1 saturated heterocycles. The van der Waals surface area contributed by atoms with Gasteiger partial charge in [0.1, 0.15) is 0 Å². The van der Waals surface area contributed by atoms with Crippen molar-refractivity contribution < 1.29 is 9.90 Å². The molecule has 116 valence electrons. The van der Waals surface area contributed by atoms with Crippen LogP contribution in [0.3, 0.4) is 0 Å². The van der Waals surface area contributed by atoms with E-state index in [0.29, 0.717) is 12.6 Å². The number of amides is 1. The number of carbonyl (C=O) groups excluding carboxylic acids is 1. The summed E-state index contributed by atoms with van der Waals surface area (Å²) in [7, 11) is 0. The van der Waals surface area contributed by atoms with Gasteiger partial charge >= 0.3 is 0 Å². The maximum atomic E-state index is 12.2. The number of aryl methyl sites for hydroxylation is 2. The number of aliphatic hydroxyl groups is 1. The van der Waals surface area contributed by atoms with Gasteiger partial charge in [0, 0.05) is 18.3 Å². The normalized spacial score (nSPS) is 18.9. The largest absolute Gasteiger partial charge is 0.396 e. The Balaban J connectivity index is 1.87. The van der Waals surface area contributed by atoms with Crippen LogP contribution in [-0.4, -0.2) is 41.7 Å². The average molecular weight is 290 g/mol. The van der Waals surface area contributed by atoms with Crippen LogP contribution in [0.4, 0.5) is 5.69 Å². The van der Waals surface area contributed by atoms with Crippen LogP contribution < -0.4 is 5.32 Å². The standard InChI is InChI=1S/C17H26N2O2/c1-13-7-8-15(11-14(13)2)18-17(21)12-19-9-3-5-16(19)6-4-10-20/h7-8,11,16,20H,3-6,9-10,12H2,1-2H3,(H,18,21). The van der Waals surface area contributed by atoms with Gasteiger partial charge in [-0.05, 0) is 69.3 Å². The third-order valence-electron chi connectivity index (χ3n) is 4.33. The molecule has 0 radical (unpaired) electrons. The summed E-state index contributed by atoms with van der Waals surface area (Å²) in [5, 5.41) is 11.9. The lowest BCUT2D eigenvalue weighted by atomic mass is 10.1. The Morgan fingerprint density at radius 2 is 2.19 bits per heavy atom. The lowest BCUT2D eigenvalue weighted by Gasteiger charge is -2.23. The first kappa shape index (κ1) is 16.0. The third kappa shape index (κ3) is 4.55. The quantitative estimate of drug-likeness (QED) is 0.846. The van der Waals surface area contributed by atoms with Gasteiger partial charge in [-0.25, -0.2) is 0 Å². The predicted octanol–water partition coefficient (Wildman–Crippen LogP) is 2.48. The zero-order chi connectivity index (χ0) is 15.2. The van der Waals surface area contributed by atoms with Crippen LogP contribution in [0, 0.1) is 13.8 Å². The molecule has 4 heteroatoms. The molecule has 1 aliphatic rings. The number of anilines is 1. The van der Waals surface area contributed by atoms with Crippen LogP contribution in [0.25, 0.3) is 0 Å². The number of hydrogen-bond acceptors (Lipinski definition) is 3. The molecule has 0 aromatic heterocycles. The lowest BCUT2D eigenvalue weighted by molar-refractivity contribution is -0.117. The smallest absolute Gasteiger partial charge is 0.238 e.